The van der Waals surface area contributed by atoms with Crippen LogP contribution in [0.25, 0.3) is 0 Å². The van der Waals surface area contributed by atoms with Crippen LogP contribution in [0.2, 0.25) is 0 Å². The van der Waals surface area contributed by atoms with Crippen LogP contribution < -0.4 is 0 Å². The third kappa shape index (κ3) is 3.38. The molecule has 7 heteroatoms. The molecule has 2 aromatic rings. The zero-order chi connectivity index (χ0) is 14.6. The average molecular weight is 331 g/mol. The Bertz CT molecular complexity index is 656. The van der Waals surface area contributed by atoms with E-state index in [4.69, 9.17) is 11.6 Å². The molecule has 0 amide bonds. The fourth-order valence-electron chi connectivity index (χ4n) is 1.72. The highest BCUT2D eigenvalue weighted by Gasteiger charge is 2.25. The first kappa shape index (κ1) is 15.4. The zero-order valence-corrected chi connectivity index (χ0v) is 13.4. The highest BCUT2D eigenvalue weighted by molar-refractivity contribution is 7.91. The molecule has 108 valence electrons. The first-order chi connectivity index (χ1) is 9.57. The highest BCUT2D eigenvalue weighted by atomic mass is 35.5. The van der Waals surface area contributed by atoms with E-state index in [0.29, 0.717) is 16.6 Å². The van der Waals surface area contributed by atoms with Gasteiger partial charge in [-0.25, -0.2) is 8.42 Å². The Morgan fingerprint density at radius 2 is 2.20 bits per heavy atom. The Morgan fingerprint density at radius 1 is 1.40 bits per heavy atom. The van der Waals surface area contributed by atoms with Crippen LogP contribution >= 0.6 is 22.9 Å². The van der Waals surface area contributed by atoms with Crippen molar-refractivity contribution in [3.05, 3.63) is 47.1 Å². The predicted octanol–water partition coefficient (Wildman–Crippen LogP) is 3.09. The van der Waals surface area contributed by atoms with Crippen LogP contribution in [-0.4, -0.2) is 24.3 Å². The summed E-state index contributed by atoms with van der Waals surface area (Å²) in [5.74, 6) is 0.318. The molecule has 0 saturated carbocycles. The van der Waals surface area contributed by atoms with E-state index in [1.54, 1.807) is 23.7 Å². The number of halogens is 1. The number of hydrogen-bond acceptors (Lipinski definition) is 4. The van der Waals surface area contributed by atoms with Crippen molar-refractivity contribution >= 4 is 33.0 Å². The molecular formula is C13H15ClN2O2S2. The molecule has 0 bridgehead atoms. The van der Waals surface area contributed by atoms with E-state index in [1.807, 2.05) is 19.1 Å². The molecule has 0 unspecified atom stereocenters. The summed E-state index contributed by atoms with van der Waals surface area (Å²) in [5, 5.41) is 1.77. The smallest absolute Gasteiger partial charge is 0.252 e. The Labute approximate surface area is 128 Å². The molecule has 0 radical (unpaired) electrons. The van der Waals surface area contributed by atoms with Crippen molar-refractivity contribution in [2.45, 2.75) is 23.6 Å². The number of hydrogen-bond donors (Lipinski definition) is 0. The van der Waals surface area contributed by atoms with Gasteiger partial charge in [0.25, 0.3) is 10.0 Å². The molecule has 0 N–H and O–H groups in total. The summed E-state index contributed by atoms with van der Waals surface area (Å²) in [7, 11) is -3.49. The molecule has 0 fully saturated rings. The molecule has 0 aliphatic heterocycles. The van der Waals surface area contributed by atoms with Crippen molar-refractivity contribution < 1.29 is 8.42 Å². The highest BCUT2D eigenvalue weighted by Crippen LogP contribution is 2.25. The lowest BCUT2D eigenvalue weighted by Gasteiger charge is -2.18. The lowest BCUT2D eigenvalue weighted by molar-refractivity contribution is 0.420. The van der Waals surface area contributed by atoms with Crippen LogP contribution in [0, 0.1) is 0 Å². The van der Waals surface area contributed by atoms with Gasteiger partial charge in [0.05, 0.1) is 12.2 Å². The molecule has 2 rings (SSSR count). The van der Waals surface area contributed by atoms with E-state index in [1.165, 1.54) is 15.6 Å². The number of thiophene rings is 1. The summed E-state index contributed by atoms with van der Waals surface area (Å²) < 4.78 is 26.9. The Morgan fingerprint density at radius 3 is 2.75 bits per heavy atom. The van der Waals surface area contributed by atoms with Gasteiger partial charge in [-0.15, -0.1) is 22.9 Å². The van der Waals surface area contributed by atoms with Crippen LogP contribution in [0.5, 0.6) is 0 Å². The van der Waals surface area contributed by atoms with E-state index in [2.05, 4.69) is 4.98 Å². The van der Waals surface area contributed by atoms with E-state index in [9.17, 15) is 8.42 Å². The van der Waals surface area contributed by atoms with Gasteiger partial charge in [-0.3, -0.25) is 4.98 Å². The number of alkyl halides is 1. The monoisotopic (exact) mass is 330 g/mol. The fraction of sp³-hybridized carbons (Fsp3) is 0.308. The zero-order valence-electron chi connectivity index (χ0n) is 11.0. The number of nitrogens with zero attached hydrogens (tertiary/aromatic N) is 2. The van der Waals surface area contributed by atoms with Crippen molar-refractivity contribution in [3.63, 3.8) is 0 Å². The first-order valence-corrected chi connectivity index (χ1v) is 8.96. The standard InChI is InChI=1S/C13H15ClN2O2S2/c1-2-16(9-12-5-3-4-6-15-12)20(17,18)13-7-11(8-14)10-19-13/h3-7,10H,2,8-9H2,1H3. The van der Waals surface area contributed by atoms with Crippen LogP contribution in [0.15, 0.2) is 40.1 Å². The average Bonchev–Trinajstić information content (AvgIpc) is 2.95. The van der Waals surface area contributed by atoms with E-state index >= 15 is 0 Å². The SMILES string of the molecule is CCN(Cc1ccccn1)S(=O)(=O)c1cc(CCl)cs1. The van der Waals surface area contributed by atoms with E-state index < -0.39 is 10.0 Å². The maximum Gasteiger partial charge on any atom is 0.252 e. The lowest BCUT2D eigenvalue weighted by Crippen LogP contribution is -2.30. The molecule has 0 spiro atoms. The van der Waals surface area contributed by atoms with Gasteiger partial charge in [-0.05, 0) is 29.1 Å². The van der Waals surface area contributed by atoms with Gasteiger partial charge in [0.15, 0.2) is 0 Å². The predicted molar refractivity (Wildman–Crippen MR) is 81.4 cm³/mol. The molecule has 0 atom stereocenters. The maximum absolute atomic E-state index is 12.6. The summed E-state index contributed by atoms with van der Waals surface area (Å²) >= 11 is 6.92. The van der Waals surface area contributed by atoms with Crippen molar-refractivity contribution in [2.24, 2.45) is 0 Å². The summed E-state index contributed by atoms with van der Waals surface area (Å²) in [4.78, 5) is 4.17. The van der Waals surface area contributed by atoms with Crippen LogP contribution in [0.1, 0.15) is 18.2 Å². The van der Waals surface area contributed by atoms with Crippen molar-refractivity contribution in [1.82, 2.24) is 9.29 Å². The quantitative estimate of drug-likeness (QED) is 0.765. The summed E-state index contributed by atoms with van der Waals surface area (Å²) in [6.45, 7) is 2.48. The van der Waals surface area contributed by atoms with E-state index in [0.717, 1.165) is 11.3 Å². The Hall–Kier alpha value is -0.950. The molecule has 2 aromatic heterocycles. The van der Waals surface area contributed by atoms with Crippen molar-refractivity contribution in [1.29, 1.82) is 0 Å². The largest absolute Gasteiger partial charge is 0.260 e. The third-order valence-corrected chi connectivity index (χ3v) is 6.49. The number of pyridine rings is 1. The van der Waals surface area contributed by atoms with Gasteiger partial charge in [-0.2, -0.15) is 4.31 Å². The van der Waals surface area contributed by atoms with Gasteiger partial charge in [0, 0.05) is 18.6 Å². The van der Waals surface area contributed by atoms with Gasteiger partial charge in [0.2, 0.25) is 0 Å². The normalized spacial score (nSPS) is 11.9. The second-order valence-corrected chi connectivity index (χ2v) is 7.50. The summed E-state index contributed by atoms with van der Waals surface area (Å²) in [6.07, 6.45) is 1.66. The molecular weight excluding hydrogens is 316 g/mol. The van der Waals surface area contributed by atoms with Crippen LogP contribution in [0.4, 0.5) is 0 Å². The maximum atomic E-state index is 12.6. The van der Waals surface area contributed by atoms with Gasteiger partial charge in [0.1, 0.15) is 4.21 Å². The first-order valence-electron chi connectivity index (χ1n) is 6.11. The number of rotatable bonds is 6. The minimum atomic E-state index is -3.49. The van der Waals surface area contributed by atoms with Crippen molar-refractivity contribution in [2.75, 3.05) is 6.54 Å². The molecule has 20 heavy (non-hydrogen) atoms. The third-order valence-electron chi connectivity index (χ3n) is 2.80. The molecule has 0 aliphatic rings. The van der Waals surface area contributed by atoms with Gasteiger partial charge < -0.3 is 0 Å². The topological polar surface area (TPSA) is 50.3 Å². The second-order valence-electron chi connectivity index (χ2n) is 4.16. The second kappa shape index (κ2) is 6.67. The summed E-state index contributed by atoms with van der Waals surface area (Å²) in [6, 6.07) is 7.10. The molecule has 0 aliphatic carbocycles. The molecule has 4 nitrogen and oxygen atoms in total. The summed E-state index contributed by atoms with van der Waals surface area (Å²) in [5.41, 5.74) is 1.55. The molecule has 0 saturated heterocycles. The number of sulfonamides is 1. The minimum Gasteiger partial charge on any atom is -0.260 e. The van der Waals surface area contributed by atoms with E-state index in [-0.39, 0.29) is 6.54 Å². The van der Waals surface area contributed by atoms with Gasteiger partial charge >= 0.3 is 0 Å². The number of aromatic nitrogens is 1. The van der Waals surface area contributed by atoms with Crippen molar-refractivity contribution in [3.8, 4) is 0 Å². The molecule has 2 heterocycles. The van der Waals surface area contributed by atoms with Crippen LogP contribution in [-0.2, 0) is 22.4 Å². The minimum absolute atomic E-state index is 0.272. The van der Waals surface area contributed by atoms with Gasteiger partial charge in [-0.1, -0.05) is 13.0 Å². The lowest BCUT2D eigenvalue weighted by atomic mass is 10.3. The van der Waals surface area contributed by atoms with Crippen LogP contribution in [0.3, 0.4) is 0 Å². The Balaban J connectivity index is 2.25. The molecule has 0 aromatic carbocycles. The Kier molecular flexibility index (Phi) is 5.15. The fourth-order valence-corrected chi connectivity index (χ4v) is 4.75.